The summed E-state index contributed by atoms with van der Waals surface area (Å²) in [6, 6.07) is 11.6. The monoisotopic (exact) mass is 356 g/mol. The number of rotatable bonds is 7. The maximum absolute atomic E-state index is 11.5. The first-order valence-electron chi connectivity index (χ1n) is 8.86. The molecule has 5 nitrogen and oxygen atoms in total. The van der Waals surface area contributed by atoms with Gasteiger partial charge in [0.15, 0.2) is 0 Å². The van der Waals surface area contributed by atoms with Crippen molar-refractivity contribution in [3.8, 4) is 17.2 Å². The highest BCUT2D eigenvalue weighted by molar-refractivity contribution is 5.65. The van der Waals surface area contributed by atoms with Gasteiger partial charge in [-0.25, -0.2) is 4.79 Å². The second-order valence-electron chi connectivity index (χ2n) is 6.33. The lowest BCUT2D eigenvalue weighted by Crippen LogP contribution is -2.11. The Morgan fingerprint density at radius 3 is 2.54 bits per heavy atom. The van der Waals surface area contributed by atoms with Crippen molar-refractivity contribution in [2.75, 3.05) is 13.7 Å². The van der Waals surface area contributed by atoms with Crippen LogP contribution in [-0.2, 0) is 11.3 Å². The zero-order chi connectivity index (χ0) is 18.5. The van der Waals surface area contributed by atoms with Gasteiger partial charge < -0.3 is 18.9 Å². The van der Waals surface area contributed by atoms with Crippen LogP contribution in [0.25, 0.3) is 0 Å². The fraction of sp³-hybridized carbons (Fsp3) is 0.381. The average molecular weight is 356 g/mol. The second kappa shape index (κ2) is 8.13. The van der Waals surface area contributed by atoms with Crippen LogP contribution in [0.15, 0.2) is 36.4 Å². The van der Waals surface area contributed by atoms with E-state index in [9.17, 15) is 4.79 Å². The summed E-state index contributed by atoms with van der Waals surface area (Å²) in [5.74, 6) is 2.46. The van der Waals surface area contributed by atoms with Gasteiger partial charge in [-0.05, 0) is 56.4 Å². The van der Waals surface area contributed by atoms with E-state index >= 15 is 0 Å². The summed E-state index contributed by atoms with van der Waals surface area (Å²) in [4.78, 5) is 11.5. The zero-order valence-electron chi connectivity index (χ0n) is 15.4. The Morgan fingerprint density at radius 1 is 1.08 bits per heavy atom. The largest absolute Gasteiger partial charge is 0.513 e. The van der Waals surface area contributed by atoms with Crippen LogP contribution in [-0.4, -0.2) is 19.9 Å². The molecule has 0 saturated heterocycles. The fourth-order valence-electron chi connectivity index (χ4n) is 2.87. The molecule has 0 amide bonds. The molecular formula is C21H24O5. The third-order valence-corrected chi connectivity index (χ3v) is 4.30. The summed E-state index contributed by atoms with van der Waals surface area (Å²) in [6.07, 6.45) is 1.63. The lowest BCUT2D eigenvalue weighted by atomic mass is 10.1. The van der Waals surface area contributed by atoms with E-state index in [-0.39, 0.29) is 6.61 Å². The Kier molecular flexibility index (Phi) is 5.66. The van der Waals surface area contributed by atoms with E-state index in [2.05, 4.69) is 17.7 Å². The van der Waals surface area contributed by atoms with E-state index in [1.165, 1.54) is 31.1 Å². The smallest absolute Gasteiger partial charge is 0.493 e. The van der Waals surface area contributed by atoms with E-state index < -0.39 is 6.16 Å². The minimum absolute atomic E-state index is 0.241. The van der Waals surface area contributed by atoms with Crippen molar-refractivity contribution in [2.24, 2.45) is 0 Å². The summed E-state index contributed by atoms with van der Waals surface area (Å²) in [7, 11) is 1.28. The first kappa shape index (κ1) is 18.1. The zero-order valence-corrected chi connectivity index (χ0v) is 15.4. The van der Waals surface area contributed by atoms with Crippen molar-refractivity contribution >= 4 is 6.16 Å². The van der Waals surface area contributed by atoms with Crippen molar-refractivity contribution in [3.05, 3.63) is 53.1 Å². The average Bonchev–Trinajstić information content (AvgIpc) is 3.47. The van der Waals surface area contributed by atoms with E-state index in [4.69, 9.17) is 14.2 Å². The maximum atomic E-state index is 11.5. The van der Waals surface area contributed by atoms with Crippen LogP contribution in [0.1, 0.15) is 42.4 Å². The van der Waals surface area contributed by atoms with Crippen LogP contribution in [0.5, 0.6) is 17.2 Å². The number of hydrogen-bond acceptors (Lipinski definition) is 5. The quantitative estimate of drug-likeness (QED) is 0.516. The molecule has 3 rings (SSSR count). The summed E-state index contributed by atoms with van der Waals surface area (Å²) >= 11 is 0. The van der Waals surface area contributed by atoms with Gasteiger partial charge in [0.05, 0.1) is 19.3 Å². The Bertz CT molecular complexity index is 780. The molecule has 0 spiro atoms. The Labute approximate surface area is 153 Å². The number of hydrogen-bond donors (Lipinski definition) is 0. The Balaban J connectivity index is 1.85. The first-order valence-corrected chi connectivity index (χ1v) is 8.86. The molecule has 1 aliphatic rings. The van der Waals surface area contributed by atoms with Gasteiger partial charge in [0.2, 0.25) is 0 Å². The fourth-order valence-corrected chi connectivity index (χ4v) is 2.87. The molecule has 1 fully saturated rings. The van der Waals surface area contributed by atoms with Crippen molar-refractivity contribution < 1.29 is 23.7 Å². The minimum atomic E-state index is -0.770. The molecule has 0 atom stereocenters. The number of carbonyl (C=O) groups excluding carboxylic acids is 1. The first-order chi connectivity index (χ1) is 12.6. The topological polar surface area (TPSA) is 54.0 Å². The van der Waals surface area contributed by atoms with Crippen molar-refractivity contribution in [1.82, 2.24) is 0 Å². The summed E-state index contributed by atoms with van der Waals surface area (Å²) < 4.78 is 21.6. The van der Waals surface area contributed by atoms with Crippen LogP contribution in [0.3, 0.4) is 0 Å². The van der Waals surface area contributed by atoms with Gasteiger partial charge in [-0.1, -0.05) is 23.8 Å². The molecule has 0 heterocycles. The van der Waals surface area contributed by atoms with Crippen molar-refractivity contribution in [3.63, 3.8) is 0 Å². The van der Waals surface area contributed by atoms with E-state index in [0.29, 0.717) is 29.6 Å². The second-order valence-corrected chi connectivity index (χ2v) is 6.33. The molecule has 2 aromatic carbocycles. The van der Waals surface area contributed by atoms with E-state index in [1.807, 2.05) is 25.1 Å². The molecule has 0 aliphatic heterocycles. The number of aryl methyl sites for hydroxylation is 1. The van der Waals surface area contributed by atoms with Gasteiger partial charge in [0, 0.05) is 0 Å². The van der Waals surface area contributed by atoms with Crippen LogP contribution >= 0.6 is 0 Å². The van der Waals surface area contributed by atoms with Crippen molar-refractivity contribution in [2.45, 2.75) is 39.2 Å². The Morgan fingerprint density at radius 2 is 1.85 bits per heavy atom. The van der Waals surface area contributed by atoms with Gasteiger partial charge in [-0.3, -0.25) is 0 Å². The molecule has 138 valence electrons. The molecule has 0 bridgehead atoms. The van der Waals surface area contributed by atoms with Crippen LogP contribution in [0, 0.1) is 6.92 Å². The highest BCUT2D eigenvalue weighted by atomic mass is 16.7. The summed E-state index contributed by atoms with van der Waals surface area (Å²) in [5.41, 5.74) is 3.15. The van der Waals surface area contributed by atoms with Gasteiger partial charge in [-0.2, -0.15) is 0 Å². The normalized spacial score (nSPS) is 13.2. The molecule has 0 radical (unpaired) electrons. The molecule has 0 N–H and O–H groups in total. The molecular weight excluding hydrogens is 332 g/mol. The number of carbonyl (C=O) groups is 1. The number of ether oxygens (including phenoxy) is 4. The standard InChI is InChI=1S/C21H24O5/c1-4-24-18-6-5-7-20(26-21(22)23-3)17(18)13-25-19-11-8-14(2)12-16(19)15-9-10-15/h5-8,11-12,15H,4,9-10,13H2,1-3H3. The molecule has 1 aliphatic carbocycles. The maximum Gasteiger partial charge on any atom is 0.513 e. The van der Waals surface area contributed by atoms with Gasteiger partial charge in [0.25, 0.3) is 0 Å². The number of benzene rings is 2. The lowest BCUT2D eigenvalue weighted by molar-refractivity contribution is 0.120. The third kappa shape index (κ3) is 4.28. The van der Waals surface area contributed by atoms with Crippen molar-refractivity contribution in [1.29, 1.82) is 0 Å². The molecule has 2 aromatic rings. The van der Waals surface area contributed by atoms with Crippen LogP contribution < -0.4 is 14.2 Å². The SMILES string of the molecule is CCOc1cccc(OC(=O)OC)c1COc1ccc(C)cc1C1CC1. The van der Waals surface area contributed by atoms with Crippen LogP contribution in [0.2, 0.25) is 0 Å². The van der Waals surface area contributed by atoms with Gasteiger partial charge in [-0.15, -0.1) is 0 Å². The highest BCUT2D eigenvalue weighted by Crippen LogP contribution is 2.45. The van der Waals surface area contributed by atoms with Gasteiger partial charge in [0.1, 0.15) is 23.9 Å². The van der Waals surface area contributed by atoms with E-state index in [0.717, 1.165) is 5.75 Å². The van der Waals surface area contributed by atoms with Crippen LogP contribution in [0.4, 0.5) is 4.79 Å². The Hall–Kier alpha value is -2.69. The highest BCUT2D eigenvalue weighted by Gasteiger charge is 2.27. The minimum Gasteiger partial charge on any atom is -0.493 e. The number of methoxy groups -OCH3 is 1. The summed E-state index contributed by atoms with van der Waals surface area (Å²) in [5, 5.41) is 0. The predicted molar refractivity (Wildman–Crippen MR) is 98.1 cm³/mol. The summed E-state index contributed by atoms with van der Waals surface area (Å²) in [6.45, 7) is 4.74. The third-order valence-electron chi connectivity index (χ3n) is 4.30. The molecule has 0 unspecified atom stereocenters. The predicted octanol–water partition coefficient (Wildman–Crippen LogP) is 5.00. The molecule has 26 heavy (non-hydrogen) atoms. The molecule has 0 aromatic heterocycles. The van der Waals surface area contributed by atoms with E-state index in [1.54, 1.807) is 12.1 Å². The lowest BCUT2D eigenvalue weighted by Gasteiger charge is -2.17. The molecule has 1 saturated carbocycles. The molecule has 5 heteroatoms. The van der Waals surface area contributed by atoms with Gasteiger partial charge >= 0.3 is 6.16 Å².